The number of carbonyl (C=O) groups excluding carboxylic acids is 2. The average Bonchev–Trinajstić information content (AvgIpc) is 3.07. The first-order chi connectivity index (χ1) is 22.2. The first kappa shape index (κ1) is 33.5. The summed E-state index contributed by atoms with van der Waals surface area (Å²) in [5.41, 5.74) is 1.78. The van der Waals surface area contributed by atoms with Crippen molar-refractivity contribution in [1.29, 1.82) is 0 Å². The van der Waals surface area contributed by atoms with Crippen LogP contribution in [0.1, 0.15) is 43.2 Å². The number of carbonyl (C=O) groups is 2. The van der Waals surface area contributed by atoms with E-state index in [1.165, 1.54) is 17.0 Å². The van der Waals surface area contributed by atoms with Crippen molar-refractivity contribution in [3.05, 3.63) is 130 Å². The van der Waals surface area contributed by atoms with Gasteiger partial charge in [0, 0.05) is 29.1 Å². The van der Waals surface area contributed by atoms with Crippen LogP contribution in [0.25, 0.3) is 0 Å². The molecule has 0 radical (unpaired) electrons. The first-order valence-corrected chi connectivity index (χ1v) is 17.6. The molecule has 240 valence electrons. The minimum atomic E-state index is -4.16. The van der Waals surface area contributed by atoms with Crippen molar-refractivity contribution in [1.82, 2.24) is 10.2 Å². The van der Waals surface area contributed by atoms with Gasteiger partial charge in [-0.05, 0) is 60.4 Å². The highest BCUT2D eigenvalue weighted by atomic mass is 35.5. The topological polar surface area (TPSA) is 86.8 Å². The summed E-state index contributed by atoms with van der Waals surface area (Å²) in [5, 5.41) is 3.98. The number of para-hydroxylation sites is 1. The van der Waals surface area contributed by atoms with Gasteiger partial charge in [-0.3, -0.25) is 13.9 Å². The van der Waals surface area contributed by atoms with Crippen molar-refractivity contribution in [2.45, 2.75) is 62.0 Å². The van der Waals surface area contributed by atoms with Crippen molar-refractivity contribution < 1.29 is 18.0 Å². The minimum absolute atomic E-state index is 0.00914. The molecule has 7 nitrogen and oxygen atoms in total. The number of hydrogen-bond acceptors (Lipinski definition) is 4. The van der Waals surface area contributed by atoms with Gasteiger partial charge in [-0.1, -0.05) is 115 Å². The van der Waals surface area contributed by atoms with Crippen molar-refractivity contribution in [3.63, 3.8) is 0 Å². The highest BCUT2D eigenvalue weighted by Gasteiger charge is 2.35. The molecule has 0 unspecified atom stereocenters. The summed E-state index contributed by atoms with van der Waals surface area (Å²) in [6, 6.07) is 30.0. The highest BCUT2D eigenvalue weighted by molar-refractivity contribution is 7.92. The van der Waals surface area contributed by atoms with E-state index in [2.05, 4.69) is 5.32 Å². The number of halogens is 2. The zero-order chi connectivity index (χ0) is 32.5. The number of benzene rings is 4. The molecule has 1 fully saturated rings. The van der Waals surface area contributed by atoms with Gasteiger partial charge in [0.2, 0.25) is 11.8 Å². The van der Waals surface area contributed by atoms with Crippen LogP contribution in [-0.4, -0.2) is 43.8 Å². The van der Waals surface area contributed by atoms with Gasteiger partial charge in [-0.25, -0.2) is 8.42 Å². The van der Waals surface area contributed by atoms with Gasteiger partial charge in [0.25, 0.3) is 10.0 Å². The van der Waals surface area contributed by atoms with Gasteiger partial charge >= 0.3 is 0 Å². The molecule has 4 aromatic carbocycles. The molecule has 0 bridgehead atoms. The fraction of sp³-hybridized carbons (Fsp3) is 0.278. The van der Waals surface area contributed by atoms with Crippen LogP contribution in [0.4, 0.5) is 5.69 Å². The lowest BCUT2D eigenvalue weighted by atomic mass is 9.94. The Balaban J connectivity index is 1.56. The van der Waals surface area contributed by atoms with E-state index < -0.39 is 28.5 Å². The van der Waals surface area contributed by atoms with E-state index in [1.54, 1.807) is 66.7 Å². The van der Waals surface area contributed by atoms with Crippen LogP contribution in [-0.2, 0) is 32.6 Å². The minimum Gasteiger partial charge on any atom is -0.352 e. The van der Waals surface area contributed by atoms with Gasteiger partial charge in [0.15, 0.2) is 0 Å². The molecule has 46 heavy (non-hydrogen) atoms. The summed E-state index contributed by atoms with van der Waals surface area (Å²) in [7, 11) is -4.16. The molecular weight excluding hydrogens is 641 g/mol. The van der Waals surface area contributed by atoms with Crippen LogP contribution >= 0.6 is 23.2 Å². The summed E-state index contributed by atoms with van der Waals surface area (Å²) < 4.78 is 29.2. The smallest absolute Gasteiger partial charge is 0.264 e. The summed E-state index contributed by atoms with van der Waals surface area (Å²) in [4.78, 5) is 30.3. The average molecular weight is 679 g/mol. The summed E-state index contributed by atoms with van der Waals surface area (Å²) in [5.74, 6) is -0.833. The predicted molar refractivity (Wildman–Crippen MR) is 183 cm³/mol. The van der Waals surface area contributed by atoms with Gasteiger partial charge in [-0.15, -0.1) is 0 Å². The summed E-state index contributed by atoms with van der Waals surface area (Å²) >= 11 is 12.8. The fourth-order valence-corrected chi connectivity index (χ4v) is 7.68. The van der Waals surface area contributed by atoms with E-state index in [0.29, 0.717) is 21.3 Å². The summed E-state index contributed by atoms with van der Waals surface area (Å²) in [6.07, 6.45) is 5.16. The quantitative estimate of drug-likeness (QED) is 0.171. The zero-order valence-corrected chi connectivity index (χ0v) is 27.7. The summed E-state index contributed by atoms with van der Waals surface area (Å²) in [6.45, 7) is -0.563. The zero-order valence-electron chi connectivity index (χ0n) is 25.4. The van der Waals surface area contributed by atoms with E-state index in [1.807, 2.05) is 30.3 Å². The van der Waals surface area contributed by atoms with Crippen molar-refractivity contribution in [3.8, 4) is 0 Å². The Morgan fingerprint density at radius 3 is 2.04 bits per heavy atom. The molecule has 5 rings (SSSR count). The maximum absolute atomic E-state index is 14.6. The van der Waals surface area contributed by atoms with Crippen LogP contribution in [0.5, 0.6) is 0 Å². The molecule has 0 aliphatic heterocycles. The molecule has 1 atom stereocenters. The van der Waals surface area contributed by atoms with E-state index in [-0.39, 0.29) is 29.8 Å². The monoisotopic (exact) mass is 677 g/mol. The largest absolute Gasteiger partial charge is 0.352 e. The van der Waals surface area contributed by atoms with E-state index in [4.69, 9.17) is 23.2 Å². The van der Waals surface area contributed by atoms with E-state index >= 15 is 0 Å². The number of rotatable bonds is 12. The van der Waals surface area contributed by atoms with Crippen LogP contribution < -0.4 is 9.62 Å². The molecule has 1 aliphatic carbocycles. The number of nitrogens with zero attached hydrogens (tertiary/aromatic N) is 2. The van der Waals surface area contributed by atoms with Crippen LogP contribution in [0.2, 0.25) is 10.0 Å². The molecule has 1 N–H and O–H groups in total. The molecular formula is C36H37Cl2N3O4S. The third kappa shape index (κ3) is 8.49. The molecule has 1 aliphatic rings. The third-order valence-corrected chi connectivity index (χ3v) is 10.6. The van der Waals surface area contributed by atoms with Crippen LogP contribution in [0, 0.1) is 0 Å². The lowest BCUT2D eigenvalue weighted by Gasteiger charge is -2.35. The molecule has 4 aromatic rings. The molecule has 0 spiro atoms. The Bertz CT molecular complexity index is 1720. The molecule has 0 aromatic heterocycles. The Labute approximate surface area is 281 Å². The Kier molecular flexibility index (Phi) is 11.4. The van der Waals surface area contributed by atoms with Crippen LogP contribution in [0.15, 0.2) is 114 Å². The Morgan fingerprint density at radius 2 is 1.41 bits per heavy atom. The second-order valence-corrected chi connectivity index (χ2v) is 14.2. The lowest BCUT2D eigenvalue weighted by molar-refractivity contribution is -0.140. The molecule has 1 saturated carbocycles. The lowest BCUT2D eigenvalue weighted by Crippen LogP contribution is -2.55. The molecule has 2 amide bonds. The number of sulfonamides is 1. The van der Waals surface area contributed by atoms with Crippen molar-refractivity contribution in [2.75, 3.05) is 10.8 Å². The number of nitrogens with one attached hydrogen (secondary N) is 1. The second-order valence-electron chi connectivity index (χ2n) is 11.5. The second kappa shape index (κ2) is 15.6. The Hall–Kier alpha value is -3.85. The Morgan fingerprint density at radius 1 is 0.804 bits per heavy atom. The highest BCUT2D eigenvalue weighted by Crippen LogP contribution is 2.27. The van der Waals surface area contributed by atoms with Gasteiger partial charge in [-0.2, -0.15) is 0 Å². The van der Waals surface area contributed by atoms with Crippen molar-refractivity contribution >= 4 is 50.7 Å². The van der Waals surface area contributed by atoms with Crippen molar-refractivity contribution in [2.24, 2.45) is 0 Å². The van der Waals surface area contributed by atoms with Gasteiger partial charge in [0.1, 0.15) is 12.6 Å². The van der Waals surface area contributed by atoms with Gasteiger partial charge < -0.3 is 10.2 Å². The van der Waals surface area contributed by atoms with Crippen LogP contribution in [0.3, 0.4) is 0 Å². The number of amides is 2. The first-order valence-electron chi connectivity index (χ1n) is 15.4. The number of anilines is 1. The normalized spacial score (nSPS) is 14.3. The van der Waals surface area contributed by atoms with Gasteiger partial charge in [0.05, 0.1) is 10.6 Å². The standard InChI is InChI=1S/C36H37Cl2N3O4S/c37-29-22-21-28(33(38)24-29)25-40(34(23-27-13-5-1-6-14-27)36(43)39-30-15-7-2-8-16-30)35(42)26-41(31-17-9-3-10-18-31)46(44,45)32-19-11-4-12-20-32/h1,3-6,9-14,17-22,24,30,34H,2,7-8,15-16,23,25-26H2,(H,39,43)/t34-/m0/s1. The predicted octanol–water partition coefficient (Wildman–Crippen LogP) is 7.28. The van der Waals surface area contributed by atoms with E-state index in [0.717, 1.165) is 42.0 Å². The SMILES string of the molecule is O=C(NC1CCCCC1)[C@H](Cc1ccccc1)N(Cc1ccc(Cl)cc1Cl)C(=O)CN(c1ccccc1)S(=O)(=O)c1ccccc1. The third-order valence-electron chi connectivity index (χ3n) is 8.23. The molecule has 0 heterocycles. The maximum Gasteiger partial charge on any atom is 0.264 e. The van der Waals surface area contributed by atoms with E-state index in [9.17, 15) is 18.0 Å². The maximum atomic E-state index is 14.6. The molecule has 0 saturated heterocycles. The molecule has 10 heteroatoms. The number of hydrogen-bond donors (Lipinski definition) is 1. The fourth-order valence-electron chi connectivity index (χ4n) is 5.77.